The van der Waals surface area contributed by atoms with Gasteiger partial charge >= 0.3 is 0 Å². The summed E-state index contributed by atoms with van der Waals surface area (Å²) in [6.45, 7) is 5.41. The molecule has 2 amide bonds. The van der Waals surface area contributed by atoms with Gasteiger partial charge in [0, 0.05) is 25.6 Å². The number of carbonyl (C=O) groups is 2. The molecule has 2 aromatic rings. The molecule has 192 valence electrons. The lowest BCUT2D eigenvalue weighted by molar-refractivity contribution is -0.141. The van der Waals surface area contributed by atoms with Gasteiger partial charge in [0.1, 0.15) is 17.7 Å². The van der Waals surface area contributed by atoms with Gasteiger partial charge in [0.25, 0.3) is 0 Å². The molecule has 0 aromatic heterocycles. The Balaban J connectivity index is 2.22. The third-order valence-corrected chi connectivity index (χ3v) is 6.54. The van der Waals surface area contributed by atoms with E-state index in [1.807, 2.05) is 13.8 Å². The van der Waals surface area contributed by atoms with Gasteiger partial charge in [-0.3, -0.25) is 13.9 Å². The van der Waals surface area contributed by atoms with Crippen LogP contribution in [0.2, 0.25) is 0 Å². The Morgan fingerprint density at radius 2 is 1.66 bits per heavy atom. The number of carbonyl (C=O) groups excluding carboxylic acids is 2. The molecule has 10 heteroatoms. The highest BCUT2D eigenvalue weighted by molar-refractivity contribution is 7.92. The maximum Gasteiger partial charge on any atom is 0.243 e. The Hall–Kier alpha value is -3.01. The van der Waals surface area contributed by atoms with Crippen molar-refractivity contribution in [3.05, 3.63) is 65.7 Å². The fourth-order valence-electron chi connectivity index (χ4n) is 3.72. The molecule has 0 aliphatic rings. The van der Waals surface area contributed by atoms with Gasteiger partial charge < -0.3 is 10.2 Å². The van der Waals surface area contributed by atoms with E-state index < -0.39 is 27.7 Å². The number of halogens is 2. The zero-order valence-electron chi connectivity index (χ0n) is 20.5. The van der Waals surface area contributed by atoms with Crippen molar-refractivity contribution in [1.29, 1.82) is 0 Å². The first kappa shape index (κ1) is 28.2. The van der Waals surface area contributed by atoms with Gasteiger partial charge in [0.05, 0.1) is 11.9 Å². The number of nitrogens with zero attached hydrogens (tertiary/aromatic N) is 2. The van der Waals surface area contributed by atoms with Crippen molar-refractivity contribution < 1.29 is 26.8 Å². The van der Waals surface area contributed by atoms with Gasteiger partial charge in [-0.15, -0.1) is 0 Å². The first-order valence-electron chi connectivity index (χ1n) is 11.5. The summed E-state index contributed by atoms with van der Waals surface area (Å²) >= 11 is 0. The second kappa shape index (κ2) is 12.6. The van der Waals surface area contributed by atoms with E-state index in [2.05, 4.69) is 5.32 Å². The molecule has 0 aliphatic carbocycles. The quantitative estimate of drug-likeness (QED) is 0.471. The molecule has 1 N–H and O–H groups in total. The summed E-state index contributed by atoms with van der Waals surface area (Å²) < 4.78 is 53.1. The maximum absolute atomic E-state index is 14.2. The van der Waals surface area contributed by atoms with Gasteiger partial charge in [-0.2, -0.15) is 0 Å². The molecule has 7 nitrogen and oxygen atoms in total. The van der Waals surface area contributed by atoms with Gasteiger partial charge in [-0.1, -0.05) is 31.2 Å². The molecule has 2 rings (SSSR count). The SMILES string of the molecule is CC[C@H](C(=O)NC(C)C)N(Cc1ccc(F)cc1)C(=O)CCCN(c1ccccc1F)S(C)(=O)=O. The molecule has 35 heavy (non-hydrogen) atoms. The van der Waals surface area contributed by atoms with Crippen LogP contribution in [0, 0.1) is 11.6 Å². The first-order valence-corrected chi connectivity index (χ1v) is 13.3. The van der Waals surface area contributed by atoms with E-state index in [4.69, 9.17) is 0 Å². The smallest absolute Gasteiger partial charge is 0.243 e. The van der Waals surface area contributed by atoms with Gasteiger partial charge in [0.2, 0.25) is 21.8 Å². The molecule has 0 heterocycles. The Morgan fingerprint density at radius 1 is 1.03 bits per heavy atom. The molecule has 0 aliphatic heterocycles. The number of hydrogen-bond acceptors (Lipinski definition) is 4. The highest BCUT2D eigenvalue weighted by atomic mass is 32.2. The highest BCUT2D eigenvalue weighted by Crippen LogP contribution is 2.22. The summed E-state index contributed by atoms with van der Waals surface area (Å²) in [4.78, 5) is 27.5. The molecule has 0 unspecified atom stereocenters. The normalized spacial score (nSPS) is 12.3. The molecular weight excluding hydrogens is 476 g/mol. The fraction of sp³-hybridized carbons (Fsp3) is 0.440. The average Bonchev–Trinajstić information content (AvgIpc) is 2.77. The fourth-order valence-corrected chi connectivity index (χ4v) is 4.69. The van der Waals surface area contributed by atoms with Gasteiger partial charge in [-0.05, 0) is 56.5 Å². The van der Waals surface area contributed by atoms with E-state index in [0.717, 1.165) is 10.6 Å². The number of para-hydroxylation sites is 1. The monoisotopic (exact) mass is 509 g/mol. The molecule has 2 aromatic carbocycles. The summed E-state index contributed by atoms with van der Waals surface area (Å²) in [5.74, 6) is -1.76. The topological polar surface area (TPSA) is 86.8 Å². The van der Waals surface area contributed by atoms with E-state index in [1.54, 1.807) is 19.1 Å². The summed E-state index contributed by atoms with van der Waals surface area (Å²) in [5.41, 5.74) is 0.563. The summed E-state index contributed by atoms with van der Waals surface area (Å²) in [5, 5.41) is 2.82. The van der Waals surface area contributed by atoms with Crippen molar-refractivity contribution in [3.63, 3.8) is 0 Å². The van der Waals surface area contributed by atoms with Crippen molar-refractivity contribution in [2.24, 2.45) is 0 Å². The molecule has 0 spiro atoms. The Bertz CT molecular complexity index is 1110. The molecule has 1 atom stereocenters. The third-order valence-electron chi connectivity index (χ3n) is 5.36. The van der Waals surface area contributed by atoms with Crippen molar-refractivity contribution in [3.8, 4) is 0 Å². The summed E-state index contributed by atoms with van der Waals surface area (Å²) in [6, 6.07) is 10.3. The number of rotatable bonds is 12. The number of amides is 2. The van der Waals surface area contributed by atoms with Crippen LogP contribution in [0.25, 0.3) is 0 Å². The Kier molecular flexibility index (Phi) is 10.2. The average molecular weight is 510 g/mol. The van der Waals surface area contributed by atoms with E-state index in [-0.39, 0.29) is 49.5 Å². The number of nitrogens with one attached hydrogen (secondary N) is 1. The number of anilines is 1. The Labute approximate surface area is 206 Å². The van der Waals surface area contributed by atoms with E-state index in [0.29, 0.717) is 12.0 Å². The lowest BCUT2D eigenvalue weighted by Crippen LogP contribution is -2.50. The molecular formula is C25H33F2N3O4S. The zero-order valence-corrected chi connectivity index (χ0v) is 21.3. The molecule has 0 saturated carbocycles. The minimum Gasteiger partial charge on any atom is -0.352 e. The molecule has 0 bridgehead atoms. The van der Waals surface area contributed by atoms with Crippen LogP contribution < -0.4 is 9.62 Å². The summed E-state index contributed by atoms with van der Waals surface area (Å²) in [7, 11) is -3.79. The largest absolute Gasteiger partial charge is 0.352 e. The van der Waals surface area contributed by atoms with Crippen molar-refractivity contribution >= 4 is 27.5 Å². The van der Waals surface area contributed by atoms with Crippen molar-refractivity contribution in [2.45, 2.75) is 58.7 Å². The second-order valence-corrected chi connectivity index (χ2v) is 10.5. The predicted molar refractivity (Wildman–Crippen MR) is 132 cm³/mol. The lowest BCUT2D eigenvalue weighted by atomic mass is 10.1. The van der Waals surface area contributed by atoms with Crippen molar-refractivity contribution in [1.82, 2.24) is 10.2 Å². The van der Waals surface area contributed by atoms with Crippen LogP contribution in [0.4, 0.5) is 14.5 Å². The predicted octanol–water partition coefficient (Wildman–Crippen LogP) is 3.84. The van der Waals surface area contributed by atoms with Crippen LogP contribution in [0.1, 0.15) is 45.6 Å². The summed E-state index contributed by atoms with van der Waals surface area (Å²) in [6.07, 6.45) is 1.39. The highest BCUT2D eigenvalue weighted by Gasteiger charge is 2.29. The van der Waals surface area contributed by atoms with Crippen LogP contribution in [-0.2, 0) is 26.2 Å². The van der Waals surface area contributed by atoms with Crippen LogP contribution in [-0.4, -0.2) is 50.0 Å². The number of benzene rings is 2. The van der Waals surface area contributed by atoms with Gasteiger partial charge in [-0.25, -0.2) is 17.2 Å². The van der Waals surface area contributed by atoms with E-state index in [9.17, 15) is 26.8 Å². The molecule has 0 saturated heterocycles. The van der Waals surface area contributed by atoms with Crippen LogP contribution in [0.3, 0.4) is 0 Å². The zero-order chi connectivity index (χ0) is 26.2. The second-order valence-electron chi connectivity index (χ2n) is 8.63. The third kappa shape index (κ3) is 8.31. The van der Waals surface area contributed by atoms with Crippen LogP contribution in [0.5, 0.6) is 0 Å². The Morgan fingerprint density at radius 3 is 2.20 bits per heavy atom. The van der Waals surface area contributed by atoms with Gasteiger partial charge in [0.15, 0.2) is 0 Å². The maximum atomic E-state index is 14.2. The van der Waals surface area contributed by atoms with E-state index in [1.165, 1.54) is 41.3 Å². The van der Waals surface area contributed by atoms with Crippen molar-refractivity contribution in [2.75, 3.05) is 17.1 Å². The van der Waals surface area contributed by atoms with E-state index >= 15 is 0 Å². The minimum absolute atomic E-state index is 0.0624. The number of hydrogen-bond donors (Lipinski definition) is 1. The molecule has 0 radical (unpaired) electrons. The molecule has 0 fully saturated rings. The minimum atomic E-state index is -3.79. The first-order chi connectivity index (χ1) is 16.4. The van der Waals surface area contributed by atoms with Crippen LogP contribution in [0.15, 0.2) is 48.5 Å². The lowest BCUT2D eigenvalue weighted by Gasteiger charge is -2.31. The number of sulfonamides is 1. The standard InChI is InChI=1S/C25H33F2N3O4S/c1-5-22(25(32)28-18(2)3)29(17-19-12-14-20(26)15-13-19)24(31)11-8-16-30(35(4,33)34)23-10-7-6-9-21(23)27/h6-7,9-10,12-15,18,22H,5,8,11,16-17H2,1-4H3,(H,28,32)/t22-/m1/s1. The van der Waals surface area contributed by atoms with Crippen LogP contribution >= 0.6 is 0 Å².